The quantitative estimate of drug-likeness (QED) is 0.719. The van der Waals surface area contributed by atoms with Crippen molar-refractivity contribution in [1.29, 1.82) is 0 Å². The predicted molar refractivity (Wildman–Crippen MR) is 89.0 cm³/mol. The summed E-state index contributed by atoms with van der Waals surface area (Å²) in [5, 5.41) is 2.47. The van der Waals surface area contributed by atoms with Gasteiger partial charge in [0.1, 0.15) is 12.4 Å². The summed E-state index contributed by atoms with van der Waals surface area (Å²) in [5.41, 5.74) is 2.94. The Morgan fingerprint density at radius 3 is 2.50 bits per heavy atom. The van der Waals surface area contributed by atoms with E-state index in [1.807, 2.05) is 30.3 Å². The van der Waals surface area contributed by atoms with Crippen LogP contribution in [-0.4, -0.2) is 11.2 Å². The summed E-state index contributed by atoms with van der Waals surface area (Å²) in [4.78, 5) is 8.48. The van der Waals surface area contributed by atoms with E-state index < -0.39 is 0 Å². The second kappa shape index (κ2) is 5.45. The number of allylic oxidation sites excluding steroid dienone is 1. The molecule has 0 atom stereocenters. The Bertz CT molecular complexity index is 879. The van der Waals surface area contributed by atoms with Crippen LogP contribution < -0.4 is 4.74 Å². The Morgan fingerprint density at radius 2 is 1.77 bits per heavy atom. The average Bonchev–Trinajstić information content (AvgIpc) is 2.52. The molecule has 1 aliphatic rings. The van der Waals surface area contributed by atoms with Crippen molar-refractivity contribution in [1.82, 2.24) is 4.98 Å². The summed E-state index contributed by atoms with van der Waals surface area (Å²) >= 11 is 0. The van der Waals surface area contributed by atoms with Gasteiger partial charge in [-0.3, -0.25) is 9.98 Å². The van der Waals surface area contributed by atoms with Gasteiger partial charge in [-0.1, -0.05) is 36.4 Å². The number of nitrogens with zero attached hydrogens (tertiary/aromatic N) is 2. The lowest BCUT2D eigenvalue weighted by atomic mass is 10.1. The predicted octanol–water partition coefficient (Wildman–Crippen LogP) is 4.24. The molecule has 0 amide bonds. The van der Waals surface area contributed by atoms with E-state index in [0.29, 0.717) is 6.61 Å². The molecule has 0 spiro atoms. The van der Waals surface area contributed by atoms with Crippen molar-refractivity contribution in [3.63, 3.8) is 0 Å². The molecule has 3 nitrogen and oxygen atoms in total. The molecule has 2 heterocycles. The first kappa shape index (κ1) is 12.8. The first-order valence-electron chi connectivity index (χ1n) is 7.20. The van der Waals surface area contributed by atoms with Crippen molar-refractivity contribution in [2.45, 2.75) is 6.61 Å². The summed E-state index contributed by atoms with van der Waals surface area (Å²) in [6.07, 6.45) is 5.45. The summed E-state index contributed by atoms with van der Waals surface area (Å²) in [7, 11) is 0. The fraction of sp³-hybridized carbons (Fsp3) is 0.0526. The fourth-order valence-corrected chi connectivity index (χ4v) is 2.41. The third-order valence-corrected chi connectivity index (χ3v) is 3.66. The van der Waals surface area contributed by atoms with Crippen LogP contribution in [0.25, 0.3) is 16.5 Å². The molecule has 0 aliphatic carbocycles. The number of hydrogen-bond acceptors (Lipinski definition) is 3. The standard InChI is InChI=1S/C19H14N2O/c1-2-4-16-11-14(5-6-15(16)3-1)13-22-17-7-8-18(21-12-17)19-9-10-20-19/h1-12H,13H2. The molecular weight excluding hydrogens is 272 g/mol. The first-order valence-corrected chi connectivity index (χ1v) is 7.20. The molecule has 106 valence electrons. The van der Waals surface area contributed by atoms with Crippen molar-refractivity contribution < 1.29 is 4.74 Å². The lowest BCUT2D eigenvalue weighted by molar-refractivity contribution is 0.305. The van der Waals surface area contributed by atoms with Crippen LogP contribution in [0.15, 0.2) is 71.9 Å². The maximum absolute atomic E-state index is 5.81. The Balaban J connectivity index is 1.46. The highest BCUT2D eigenvalue weighted by Gasteiger charge is 2.05. The van der Waals surface area contributed by atoms with Crippen LogP contribution in [0, 0.1) is 0 Å². The fourth-order valence-electron chi connectivity index (χ4n) is 2.41. The van der Waals surface area contributed by atoms with Crippen molar-refractivity contribution >= 4 is 22.7 Å². The van der Waals surface area contributed by atoms with Gasteiger partial charge in [-0.25, -0.2) is 0 Å². The molecule has 2 aromatic carbocycles. The highest BCUT2D eigenvalue weighted by molar-refractivity contribution is 5.95. The third-order valence-electron chi connectivity index (χ3n) is 3.66. The SMILES string of the molecule is C1=NC(c2ccc(OCc3ccc4ccccc4c3)cn2)=C1. The van der Waals surface area contributed by atoms with Crippen LogP contribution in [0.1, 0.15) is 11.3 Å². The van der Waals surface area contributed by atoms with E-state index in [-0.39, 0.29) is 0 Å². The van der Waals surface area contributed by atoms with Gasteiger partial charge in [-0.2, -0.15) is 0 Å². The number of pyridine rings is 1. The van der Waals surface area contributed by atoms with Gasteiger partial charge in [-0.15, -0.1) is 0 Å². The van der Waals surface area contributed by atoms with Gasteiger partial charge in [0, 0.05) is 6.21 Å². The van der Waals surface area contributed by atoms with Crippen molar-refractivity contribution in [3.8, 4) is 5.75 Å². The zero-order valence-corrected chi connectivity index (χ0v) is 11.9. The first-order chi connectivity index (χ1) is 10.9. The molecular formula is C19H14N2O. The van der Waals surface area contributed by atoms with Crippen LogP contribution in [0.4, 0.5) is 0 Å². The molecule has 0 saturated carbocycles. The van der Waals surface area contributed by atoms with Gasteiger partial charge in [0.05, 0.1) is 17.6 Å². The van der Waals surface area contributed by atoms with Gasteiger partial charge < -0.3 is 4.74 Å². The lowest BCUT2D eigenvalue weighted by Gasteiger charge is -2.09. The normalized spacial score (nSPS) is 12.8. The van der Waals surface area contributed by atoms with Crippen LogP contribution >= 0.6 is 0 Å². The monoisotopic (exact) mass is 286 g/mol. The number of rotatable bonds is 4. The van der Waals surface area contributed by atoms with E-state index in [2.05, 4.69) is 40.3 Å². The van der Waals surface area contributed by atoms with Crippen LogP contribution in [0.2, 0.25) is 0 Å². The Kier molecular flexibility index (Phi) is 3.16. The van der Waals surface area contributed by atoms with E-state index >= 15 is 0 Å². The molecule has 0 saturated heterocycles. The Labute approximate surface area is 128 Å². The molecule has 3 heteroatoms. The summed E-state index contributed by atoms with van der Waals surface area (Å²) in [6, 6.07) is 18.6. The maximum atomic E-state index is 5.81. The molecule has 0 fully saturated rings. The van der Waals surface area contributed by atoms with Gasteiger partial charge in [-0.05, 0) is 40.6 Å². The highest BCUT2D eigenvalue weighted by atomic mass is 16.5. The van der Waals surface area contributed by atoms with Gasteiger partial charge in [0.15, 0.2) is 0 Å². The van der Waals surface area contributed by atoms with E-state index in [1.54, 1.807) is 12.4 Å². The number of aliphatic imine (C=N–C) groups is 1. The van der Waals surface area contributed by atoms with Gasteiger partial charge in [0.2, 0.25) is 0 Å². The number of aromatic nitrogens is 1. The molecule has 0 radical (unpaired) electrons. The highest BCUT2D eigenvalue weighted by Crippen LogP contribution is 2.21. The minimum absolute atomic E-state index is 0.534. The van der Waals surface area contributed by atoms with E-state index in [0.717, 1.165) is 22.7 Å². The third kappa shape index (κ3) is 2.49. The van der Waals surface area contributed by atoms with E-state index in [4.69, 9.17) is 4.74 Å². The Hall–Kier alpha value is -2.94. The summed E-state index contributed by atoms with van der Waals surface area (Å²) < 4.78 is 5.81. The van der Waals surface area contributed by atoms with Crippen LogP contribution in [-0.2, 0) is 6.61 Å². The second-order valence-corrected chi connectivity index (χ2v) is 5.18. The molecule has 22 heavy (non-hydrogen) atoms. The topological polar surface area (TPSA) is 34.5 Å². The molecule has 3 aromatic rings. The van der Waals surface area contributed by atoms with Crippen LogP contribution in [0.3, 0.4) is 0 Å². The van der Waals surface area contributed by atoms with E-state index in [9.17, 15) is 0 Å². The van der Waals surface area contributed by atoms with Crippen molar-refractivity contribution in [2.24, 2.45) is 4.99 Å². The number of benzene rings is 2. The molecule has 0 bridgehead atoms. The second-order valence-electron chi connectivity index (χ2n) is 5.18. The van der Waals surface area contributed by atoms with Gasteiger partial charge >= 0.3 is 0 Å². The molecule has 1 aromatic heterocycles. The largest absolute Gasteiger partial charge is 0.487 e. The van der Waals surface area contributed by atoms with Crippen molar-refractivity contribution in [3.05, 3.63) is 78.1 Å². The minimum atomic E-state index is 0.534. The minimum Gasteiger partial charge on any atom is -0.487 e. The number of ether oxygens (including phenoxy) is 1. The maximum Gasteiger partial charge on any atom is 0.138 e. The lowest BCUT2D eigenvalue weighted by Crippen LogP contribution is -1.98. The molecule has 4 rings (SSSR count). The smallest absolute Gasteiger partial charge is 0.138 e. The zero-order valence-electron chi connectivity index (χ0n) is 11.9. The van der Waals surface area contributed by atoms with Crippen LogP contribution in [0.5, 0.6) is 5.75 Å². The summed E-state index contributed by atoms with van der Waals surface area (Å²) in [6.45, 7) is 0.534. The van der Waals surface area contributed by atoms with E-state index in [1.165, 1.54) is 10.8 Å². The van der Waals surface area contributed by atoms with Crippen molar-refractivity contribution in [2.75, 3.05) is 0 Å². The zero-order chi connectivity index (χ0) is 14.8. The number of hydrogen-bond donors (Lipinski definition) is 0. The average molecular weight is 286 g/mol. The molecule has 0 unspecified atom stereocenters. The molecule has 1 aliphatic heterocycles. The Morgan fingerprint density at radius 1 is 0.909 bits per heavy atom. The number of fused-ring (bicyclic) bond motifs is 1. The molecule has 0 N–H and O–H groups in total. The van der Waals surface area contributed by atoms with Gasteiger partial charge in [0.25, 0.3) is 0 Å². The summed E-state index contributed by atoms with van der Waals surface area (Å²) in [5.74, 6) is 0.765.